The van der Waals surface area contributed by atoms with E-state index < -0.39 is 11.7 Å². The SMILES string of the molecule is CC(=O)NCCC#Cc1ccc(C(F)(F)F)cc1C=O. The molecule has 1 aromatic rings. The minimum atomic E-state index is -4.49. The van der Waals surface area contributed by atoms with Gasteiger partial charge in [0.1, 0.15) is 0 Å². The Labute approximate surface area is 114 Å². The standard InChI is InChI=1S/C14H12F3NO2/c1-10(20)18-7-3-2-4-11-5-6-13(14(15,16)17)8-12(11)9-19/h5-6,8-9H,3,7H2,1H3,(H,18,20). The molecule has 0 saturated heterocycles. The van der Waals surface area contributed by atoms with Gasteiger partial charge in [-0.3, -0.25) is 9.59 Å². The van der Waals surface area contributed by atoms with Crippen LogP contribution in [0, 0.1) is 11.8 Å². The smallest absolute Gasteiger partial charge is 0.355 e. The number of alkyl halides is 3. The van der Waals surface area contributed by atoms with E-state index in [-0.39, 0.29) is 17.0 Å². The maximum Gasteiger partial charge on any atom is 0.416 e. The lowest BCUT2D eigenvalue weighted by Gasteiger charge is -2.07. The topological polar surface area (TPSA) is 46.2 Å². The predicted molar refractivity (Wildman–Crippen MR) is 67.0 cm³/mol. The van der Waals surface area contributed by atoms with Crippen molar-refractivity contribution in [3.8, 4) is 11.8 Å². The van der Waals surface area contributed by atoms with Crippen LogP contribution in [0.4, 0.5) is 13.2 Å². The molecule has 0 bridgehead atoms. The third-order valence-corrected chi connectivity index (χ3v) is 2.35. The van der Waals surface area contributed by atoms with Gasteiger partial charge in [-0.25, -0.2) is 0 Å². The highest BCUT2D eigenvalue weighted by Crippen LogP contribution is 2.30. The van der Waals surface area contributed by atoms with Crippen molar-refractivity contribution >= 4 is 12.2 Å². The Hall–Kier alpha value is -2.29. The third kappa shape index (κ3) is 4.76. The maximum absolute atomic E-state index is 12.5. The summed E-state index contributed by atoms with van der Waals surface area (Å²) in [5.41, 5.74) is -0.758. The number of halogens is 3. The molecule has 3 nitrogen and oxygen atoms in total. The van der Waals surface area contributed by atoms with E-state index in [0.29, 0.717) is 19.3 Å². The van der Waals surface area contributed by atoms with Crippen molar-refractivity contribution in [1.29, 1.82) is 0 Å². The number of aldehydes is 1. The lowest BCUT2D eigenvalue weighted by molar-refractivity contribution is -0.137. The van der Waals surface area contributed by atoms with Crippen LogP contribution in [0.2, 0.25) is 0 Å². The van der Waals surface area contributed by atoms with E-state index >= 15 is 0 Å². The van der Waals surface area contributed by atoms with Gasteiger partial charge >= 0.3 is 6.18 Å². The fourth-order valence-corrected chi connectivity index (χ4v) is 1.41. The molecule has 0 atom stereocenters. The van der Waals surface area contributed by atoms with Gasteiger partial charge < -0.3 is 5.32 Å². The van der Waals surface area contributed by atoms with E-state index in [0.717, 1.165) is 18.2 Å². The van der Waals surface area contributed by atoms with Crippen molar-refractivity contribution < 1.29 is 22.8 Å². The molecule has 20 heavy (non-hydrogen) atoms. The zero-order valence-corrected chi connectivity index (χ0v) is 10.7. The first-order valence-corrected chi connectivity index (χ1v) is 5.74. The molecular weight excluding hydrogens is 271 g/mol. The zero-order valence-electron chi connectivity index (χ0n) is 10.7. The minimum Gasteiger partial charge on any atom is -0.355 e. The second-order valence-corrected chi connectivity index (χ2v) is 3.95. The Bertz CT molecular complexity index is 568. The number of carbonyl (C=O) groups excluding carboxylic acids is 2. The summed E-state index contributed by atoms with van der Waals surface area (Å²) in [7, 11) is 0. The van der Waals surface area contributed by atoms with Gasteiger partial charge in [0.2, 0.25) is 5.91 Å². The molecule has 0 heterocycles. The molecule has 6 heteroatoms. The van der Waals surface area contributed by atoms with Gasteiger partial charge in [-0.1, -0.05) is 11.8 Å². The second kappa shape index (κ2) is 6.75. The zero-order chi connectivity index (χ0) is 15.2. The third-order valence-electron chi connectivity index (χ3n) is 2.35. The van der Waals surface area contributed by atoms with Crippen LogP contribution in [0.3, 0.4) is 0 Å². The predicted octanol–water partition coefficient (Wildman–Crippen LogP) is 2.40. The van der Waals surface area contributed by atoms with Crippen molar-refractivity contribution in [3.63, 3.8) is 0 Å². The molecule has 1 aromatic carbocycles. The quantitative estimate of drug-likeness (QED) is 0.526. The molecule has 1 amide bonds. The Kier molecular flexibility index (Phi) is 5.32. The van der Waals surface area contributed by atoms with E-state index in [4.69, 9.17) is 0 Å². The Morgan fingerprint density at radius 3 is 2.65 bits per heavy atom. The van der Waals surface area contributed by atoms with Crippen molar-refractivity contribution in [2.24, 2.45) is 0 Å². The first-order valence-electron chi connectivity index (χ1n) is 5.74. The van der Waals surface area contributed by atoms with E-state index in [1.54, 1.807) is 0 Å². The normalized spacial score (nSPS) is 10.4. The van der Waals surface area contributed by atoms with Gasteiger partial charge in [-0.05, 0) is 18.2 Å². The molecular formula is C14H12F3NO2. The number of carbonyl (C=O) groups is 2. The number of hydrogen-bond acceptors (Lipinski definition) is 2. The Morgan fingerprint density at radius 2 is 2.10 bits per heavy atom. The van der Waals surface area contributed by atoms with Crippen LogP contribution in [-0.4, -0.2) is 18.7 Å². The number of nitrogens with one attached hydrogen (secondary N) is 1. The average Bonchev–Trinajstić information content (AvgIpc) is 2.36. The molecule has 106 valence electrons. The van der Waals surface area contributed by atoms with Crippen LogP contribution >= 0.6 is 0 Å². The van der Waals surface area contributed by atoms with E-state index in [1.165, 1.54) is 6.92 Å². The second-order valence-electron chi connectivity index (χ2n) is 3.95. The molecule has 0 saturated carbocycles. The lowest BCUT2D eigenvalue weighted by atomic mass is 10.0. The minimum absolute atomic E-state index is 0.105. The number of hydrogen-bond donors (Lipinski definition) is 1. The lowest BCUT2D eigenvalue weighted by Crippen LogP contribution is -2.20. The molecule has 0 aliphatic heterocycles. The van der Waals surface area contributed by atoms with E-state index in [9.17, 15) is 22.8 Å². The molecule has 0 aliphatic carbocycles. The largest absolute Gasteiger partial charge is 0.416 e. The molecule has 0 radical (unpaired) electrons. The molecule has 0 unspecified atom stereocenters. The summed E-state index contributed by atoms with van der Waals surface area (Å²) in [6.07, 6.45) is -3.80. The van der Waals surface area contributed by atoms with Crippen molar-refractivity contribution in [1.82, 2.24) is 5.32 Å². The maximum atomic E-state index is 12.5. The highest BCUT2D eigenvalue weighted by molar-refractivity contribution is 5.80. The van der Waals surface area contributed by atoms with Crippen LogP contribution < -0.4 is 5.32 Å². The van der Waals surface area contributed by atoms with Gasteiger partial charge in [-0.2, -0.15) is 13.2 Å². The van der Waals surface area contributed by atoms with Crippen LogP contribution in [0.5, 0.6) is 0 Å². The van der Waals surface area contributed by atoms with Crippen molar-refractivity contribution in [2.75, 3.05) is 6.54 Å². The van der Waals surface area contributed by atoms with E-state index in [2.05, 4.69) is 17.2 Å². The fourth-order valence-electron chi connectivity index (χ4n) is 1.41. The van der Waals surface area contributed by atoms with Gasteiger partial charge in [0.05, 0.1) is 5.56 Å². The molecule has 1 N–H and O–H groups in total. The average molecular weight is 283 g/mol. The first kappa shape index (κ1) is 15.8. The van der Waals surface area contributed by atoms with Crippen molar-refractivity contribution in [2.45, 2.75) is 19.5 Å². The summed E-state index contributed by atoms with van der Waals surface area (Å²) in [6, 6.07) is 2.81. The van der Waals surface area contributed by atoms with Crippen LogP contribution in [-0.2, 0) is 11.0 Å². The molecule has 0 aliphatic rings. The summed E-state index contributed by atoms with van der Waals surface area (Å²) in [4.78, 5) is 21.4. The Balaban J connectivity index is 2.84. The number of amides is 1. The van der Waals surface area contributed by atoms with Gasteiger partial charge in [-0.15, -0.1) is 0 Å². The van der Waals surface area contributed by atoms with Crippen molar-refractivity contribution in [3.05, 3.63) is 34.9 Å². The number of benzene rings is 1. The molecule has 0 aromatic heterocycles. The van der Waals surface area contributed by atoms with Crippen LogP contribution in [0.25, 0.3) is 0 Å². The molecule has 1 rings (SSSR count). The summed E-state index contributed by atoms with van der Waals surface area (Å²) < 4.78 is 37.4. The van der Waals surface area contributed by atoms with Crippen LogP contribution in [0.15, 0.2) is 18.2 Å². The summed E-state index contributed by atoms with van der Waals surface area (Å²) >= 11 is 0. The van der Waals surface area contributed by atoms with E-state index in [1.807, 2.05) is 0 Å². The Morgan fingerprint density at radius 1 is 1.40 bits per heavy atom. The molecule has 0 spiro atoms. The summed E-state index contributed by atoms with van der Waals surface area (Å²) in [5.74, 6) is 5.12. The van der Waals surface area contributed by atoms with Gasteiger partial charge in [0, 0.05) is 31.0 Å². The molecule has 0 fully saturated rings. The fraction of sp³-hybridized carbons (Fsp3) is 0.286. The van der Waals surface area contributed by atoms with Gasteiger partial charge in [0.15, 0.2) is 6.29 Å². The summed E-state index contributed by atoms with van der Waals surface area (Å²) in [6.45, 7) is 1.72. The number of rotatable bonds is 3. The highest BCUT2D eigenvalue weighted by Gasteiger charge is 2.30. The highest BCUT2D eigenvalue weighted by atomic mass is 19.4. The monoisotopic (exact) mass is 283 g/mol. The van der Waals surface area contributed by atoms with Crippen LogP contribution in [0.1, 0.15) is 34.8 Å². The first-order chi connectivity index (χ1) is 9.34. The van der Waals surface area contributed by atoms with Gasteiger partial charge in [0.25, 0.3) is 0 Å². The summed E-state index contributed by atoms with van der Waals surface area (Å²) in [5, 5.41) is 2.53.